The van der Waals surface area contributed by atoms with Gasteiger partial charge in [-0.05, 0) is 74.4 Å². The van der Waals surface area contributed by atoms with Crippen molar-refractivity contribution in [3.05, 3.63) is 65.7 Å². The molecule has 6 heteroatoms. The molecule has 2 atom stereocenters. The first-order valence-electron chi connectivity index (χ1n) is 15.0. The van der Waals surface area contributed by atoms with Gasteiger partial charge in [-0.2, -0.15) is 0 Å². The maximum absolute atomic E-state index is 13.6. The van der Waals surface area contributed by atoms with Crippen LogP contribution < -0.4 is 4.74 Å². The van der Waals surface area contributed by atoms with Crippen LogP contribution >= 0.6 is 0 Å². The average Bonchev–Trinajstić information content (AvgIpc) is 3.73. The third kappa shape index (κ3) is 5.45. The molecule has 0 radical (unpaired) electrons. The van der Waals surface area contributed by atoms with Crippen LogP contribution in [0.3, 0.4) is 0 Å². The quantitative estimate of drug-likeness (QED) is 0.510. The molecule has 4 fully saturated rings. The first-order valence-corrected chi connectivity index (χ1v) is 15.0. The maximum atomic E-state index is 13.6. The largest absolute Gasteiger partial charge is 0.497 e. The van der Waals surface area contributed by atoms with Gasteiger partial charge < -0.3 is 19.4 Å². The molecule has 0 N–H and O–H groups in total. The molecule has 39 heavy (non-hydrogen) atoms. The van der Waals surface area contributed by atoms with Gasteiger partial charge in [0.1, 0.15) is 5.75 Å². The van der Waals surface area contributed by atoms with Gasteiger partial charge in [0.25, 0.3) is 0 Å². The standard InChI is InChI=1S/C33H43N3O3/c1-39-29-13-11-25(12-14-29)21-35-20-17-33(32(35)38)15-18-34(19-16-33)22-28-23-36(31(37)27-9-5-6-10-27)24-30(28)26-7-3-2-4-8-26/h2-4,7-8,11-14,27-28,30H,5-6,9-10,15-24H2,1H3/t28-,30?/m0/s1. The van der Waals surface area contributed by atoms with E-state index in [1.165, 1.54) is 18.4 Å². The molecule has 0 bridgehead atoms. The van der Waals surface area contributed by atoms with Gasteiger partial charge in [0.2, 0.25) is 11.8 Å². The summed E-state index contributed by atoms with van der Waals surface area (Å²) < 4.78 is 5.28. The molecule has 0 aromatic heterocycles. The van der Waals surface area contributed by atoms with Crippen molar-refractivity contribution in [3.8, 4) is 5.75 Å². The fourth-order valence-corrected chi connectivity index (χ4v) is 7.70. The van der Waals surface area contributed by atoms with Crippen molar-refractivity contribution < 1.29 is 14.3 Å². The highest BCUT2D eigenvalue weighted by molar-refractivity contribution is 5.85. The van der Waals surface area contributed by atoms with E-state index < -0.39 is 0 Å². The predicted octanol–water partition coefficient (Wildman–Crippen LogP) is 4.94. The van der Waals surface area contributed by atoms with Crippen molar-refractivity contribution in [1.82, 2.24) is 14.7 Å². The number of amides is 2. The number of carbonyl (C=O) groups excluding carboxylic acids is 2. The topological polar surface area (TPSA) is 53.1 Å². The molecule has 2 aromatic rings. The summed E-state index contributed by atoms with van der Waals surface area (Å²) in [5.74, 6) is 2.65. The smallest absolute Gasteiger partial charge is 0.229 e. The molecule has 2 amide bonds. The first kappa shape index (κ1) is 26.4. The van der Waals surface area contributed by atoms with Crippen molar-refractivity contribution in [3.63, 3.8) is 0 Å². The fourth-order valence-electron chi connectivity index (χ4n) is 7.70. The number of ether oxygens (including phenoxy) is 1. The Bertz CT molecular complexity index is 1140. The van der Waals surface area contributed by atoms with Gasteiger partial charge in [-0.1, -0.05) is 55.3 Å². The summed E-state index contributed by atoms with van der Waals surface area (Å²) in [5.41, 5.74) is 2.32. The highest BCUT2D eigenvalue weighted by Crippen LogP contribution is 2.43. The van der Waals surface area contributed by atoms with Crippen molar-refractivity contribution in [2.45, 2.75) is 57.4 Å². The zero-order valence-corrected chi connectivity index (χ0v) is 23.4. The van der Waals surface area contributed by atoms with E-state index in [9.17, 15) is 9.59 Å². The second-order valence-electron chi connectivity index (χ2n) is 12.4. The Balaban J connectivity index is 1.07. The Kier molecular flexibility index (Phi) is 7.66. The molecular formula is C33H43N3O3. The van der Waals surface area contributed by atoms with Crippen molar-refractivity contribution in [2.24, 2.45) is 17.3 Å². The zero-order chi connectivity index (χ0) is 26.8. The SMILES string of the molecule is COc1ccc(CN2CCC3(CCN(C[C@H]4CN(C(=O)C5CCCC5)CC4c4ccccc4)CC3)C2=O)cc1. The normalized spacial score (nSPS) is 25.6. The molecule has 208 valence electrons. The van der Waals surface area contributed by atoms with Crippen LogP contribution in [0, 0.1) is 17.3 Å². The van der Waals surface area contributed by atoms with Crippen LogP contribution in [0.5, 0.6) is 5.75 Å². The van der Waals surface area contributed by atoms with E-state index in [1.54, 1.807) is 7.11 Å². The lowest BCUT2D eigenvalue weighted by atomic mass is 9.76. The molecule has 1 spiro atoms. The Morgan fingerprint density at radius 3 is 2.31 bits per heavy atom. The number of methoxy groups -OCH3 is 1. The van der Waals surface area contributed by atoms with E-state index >= 15 is 0 Å². The summed E-state index contributed by atoms with van der Waals surface area (Å²) in [6.07, 6.45) is 7.37. The van der Waals surface area contributed by atoms with Gasteiger partial charge in [0, 0.05) is 44.6 Å². The molecule has 6 rings (SSSR count). The maximum Gasteiger partial charge on any atom is 0.229 e. The molecule has 4 aliphatic rings. The van der Waals surface area contributed by atoms with Crippen LogP contribution in [0.4, 0.5) is 0 Å². The van der Waals surface area contributed by atoms with Crippen LogP contribution in [0.1, 0.15) is 62.0 Å². The summed E-state index contributed by atoms with van der Waals surface area (Å²) in [4.78, 5) is 33.7. The minimum Gasteiger partial charge on any atom is -0.497 e. The minimum absolute atomic E-state index is 0.193. The van der Waals surface area contributed by atoms with Gasteiger partial charge >= 0.3 is 0 Å². The van der Waals surface area contributed by atoms with E-state index in [-0.39, 0.29) is 11.3 Å². The average molecular weight is 530 g/mol. The van der Waals surface area contributed by atoms with Crippen LogP contribution in [-0.2, 0) is 16.1 Å². The minimum atomic E-state index is -0.193. The van der Waals surface area contributed by atoms with Gasteiger partial charge in [0.05, 0.1) is 12.5 Å². The van der Waals surface area contributed by atoms with E-state index in [0.29, 0.717) is 30.2 Å². The number of nitrogens with zero attached hydrogens (tertiary/aromatic N) is 3. The second-order valence-corrected chi connectivity index (χ2v) is 12.4. The summed E-state index contributed by atoms with van der Waals surface area (Å²) in [6.45, 7) is 6.19. The van der Waals surface area contributed by atoms with E-state index in [4.69, 9.17) is 4.74 Å². The first-order chi connectivity index (χ1) is 19.0. The second kappa shape index (κ2) is 11.3. The number of benzene rings is 2. The molecule has 3 heterocycles. The van der Waals surface area contributed by atoms with Gasteiger partial charge in [-0.3, -0.25) is 9.59 Å². The number of carbonyl (C=O) groups is 2. The molecule has 3 saturated heterocycles. The van der Waals surface area contributed by atoms with Crippen molar-refractivity contribution in [2.75, 3.05) is 46.4 Å². The van der Waals surface area contributed by atoms with E-state index in [2.05, 4.69) is 57.2 Å². The monoisotopic (exact) mass is 529 g/mol. The molecule has 1 aliphatic carbocycles. The summed E-state index contributed by atoms with van der Waals surface area (Å²) in [6, 6.07) is 18.9. The van der Waals surface area contributed by atoms with E-state index in [1.807, 2.05) is 12.1 Å². The number of hydrogen-bond donors (Lipinski definition) is 0. The molecule has 6 nitrogen and oxygen atoms in total. The fraction of sp³-hybridized carbons (Fsp3) is 0.576. The lowest BCUT2D eigenvalue weighted by Gasteiger charge is -2.39. The number of rotatable bonds is 7. The van der Waals surface area contributed by atoms with Crippen LogP contribution in [0.25, 0.3) is 0 Å². The Hall–Kier alpha value is -2.86. The predicted molar refractivity (Wildman–Crippen MR) is 152 cm³/mol. The Morgan fingerprint density at radius 2 is 1.62 bits per heavy atom. The number of hydrogen-bond acceptors (Lipinski definition) is 4. The lowest BCUT2D eigenvalue weighted by molar-refractivity contribution is -0.139. The summed E-state index contributed by atoms with van der Waals surface area (Å²) >= 11 is 0. The van der Waals surface area contributed by atoms with Crippen LogP contribution in [0.2, 0.25) is 0 Å². The molecule has 1 saturated carbocycles. The van der Waals surface area contributed by atoms with Crippen LogP contribution in [-0.4, -0.2) is 72.9 Å². The Labute approximate surface area is 233 Å². The van der Waals surface area contributed by atoms with Crippen molar-refractivity contribution in [1.29, 1.82) is 0 Å². The number of piperidine rings is 1. The van der Waals surface area contributed by atoms with Crippen LogP contribution in [0.15, 0.2) is 54.6 Å². The van der Waals surface area contributed by atoms with Gasteiger partial charge in [-0.25, -0.2) is 0 Å². The summed E-state index contributed by atoms with van der Waals surface area (Å²) in [7, 11) is 1.68. The third-order valence-electron chi connectivity index (χ3n) is 10.1. The van der Waals surface area contributed by atoms with Crippen molar-refractivity contribution >= 4 is 11.8 Å². The molecular weight excluding hydrogens is 486 g/mol. The van der Waals surface area contributed by atoms with Gasteiger partial charge in [0.15, 0.2) is 0 Å². The van der Waals surface area contributed by atoms with E-state index in [0.717, 1.165) is 82.7 Å². The molecule has 3 aliphatic heterocycles. The van der Waals surface area contributed by atoms with Gasteiger partial charge in [-0.15, -0.1) is 0 Å². The summed E-state index contributed by atoms with van der Waals surface area (Å²) in [5, 5.41) is 0. The third-order valence-corrected chi connectivity index (χ3v) is 10.1. The zero-order valence-electron chi connectivity index (χ0n) is 23.4. The Morgan fingerprint density at radius 1 is 0.923 bits per heavy atom. The molecule has 1 unspecified atom stereocenters. The lowest BCUT2D eigenvalue weighted by Crippen LogP contribution is -2.46. The molecule has 2 aromatic carbocycles. The highest BCUT2D eigenvalue weighted by atomic mass is 16.5. The number of likely N-dealkylation sites (tertiary alicyclic amines) is 3. The highest BCUT2D eigenvalue weighted by Gasteiger charge is 2.48.